The summed E-state index contributed by atoms with van der Waals surface area (Å²) in [6, 6.07) is 12.1. The largest absolute Gasteiger partial charge is 0.507 e. The summed E-state index contributed by atoms with van der Waals surface area (Å²) in [5.74, 6) is 0.310. The van der Waals surface area contributed by atoms with Gasteiger partial charge in [-0.2, -0.15) is 0 Å². The third-order valence-corrected chi connectivity index (χ3v) is 5.11. The van der Waals surface area contributed by atoms with E-state index in [1.165, 1.54) is 6.92 Å². The number of benzene rings is 2. The molecule has 0 amide bonds. The zero-order valence-electron chi connectivity index (χ0n) is 16.3. The molecule has 0 fully saturated rings. The van der Waals surface area contributed by atoms with Gasteiger partial charge in [0.05, 0.1) is 24.5 Å². The van der Waals surface area contributed by atoms with Crippen molar-refractivity contribution in [3.8, 4) is 11.5 Å². The highest BCUT2D eigenvalue weighted by Gasteiger charge is 2.28. The van der Waals surface area contributed by atoms with Crippen molar-refractivity contribution in [2.75, 3.05) is 7.11 Å². The van der Waals surface area contributed by atoms with Crippen LogP contribution in [-0.2, 0) is 11.2 Å². The van der Waals surface area contributed by atoms with Crippen LogP contribution in [-0.4, -0.2) is 18.0 Å². The zero-order valence-corrected chi connectivity index (χ0v) is 16.3. The number of para-hydroxylation sites is 1. The van der Waals surface area contributed by atoms with Crippen molar-refractivity contribution in [1.29, 1.82) is 0 Å². The summed E-state index contributed by atoms with van der Waals surface area (Å²) in [6.45, 7) is 3.26. The van der Waals surface area contributed by atoms with E-state index in [-0.39, 0.29) is 23.5 Å². The number of hydrogen-bond donors (Lipinski definition) is 1. The third kappa shape index (κ3) is 3.16. The first-order valence-electron chi connectivity index (χ1n) is 9.24. The first-order chi connectivity index (χ1) is 13.9. The van der Waals surface area contributed by atoms with E-state index in [4.69, 9.17) is 13.6 Å². The standard InChI is InChI=1S/C23H20O6/c1-12(24)10-19-20(16-11-14(27-3)8-9-18(16)28-19)13(2)21-22(25)15-6-4-5-7-17(15)29-23(21)26/h4-9,11,13,25H,10H2,1-3H3. The highest BCUT2D eigenvalue weighted by Crippen LogP contribution is 2.40. The minimum atomic E-state index is -0.625. The Morgan fingerprint density at radius 1 is 1.07 bits per heavy atom. The Labute approximate surface area is 166 Å². The van der Waals surface area contributed by atoms with Crippen molar-refractivity contribution in [2.45, 2.75) is 26.2 Å². The van der Waals surface area contributed by atoms with Gasteiger partial charge in [-0.3, -0.25) is 4.79 Å². The number of ketones is 1. The van der Waals surface area contributed by atoms with E-state index in [0.717, 1.165) is 5.39 Å². The Balaban J connectivity index is 1.99. The number of furan rings is 1. The van der Waals surface area contributed by atoms with E-state index in [2.05, 4.69) is 0 Å². The second kappa shape index (κ2) is 7.13. The number of fused-ring (bicyclic) bond motifs is 2. The average Bonchev–Trinajstić information content (AvgIpc) is 3.03. The third-order valence-electron chi connectivity index (χ3n) is 5.11. The van der Waals surface area contributed by atoms with Crippen molar-refractivity contribution in [3.05, 3.63) is 69.8 Å². The Hall–Kier alpha value is -3.54. The van der Waals surface area contributed by atoms with E-state index in [1.807, 2.05) is 0 Å². The van der Waals surface area contributed by atoms with Crippen LogP contribution in [0.2, 0.25) is 0 Å². The highest BCUT2D eigenvalue weighted by atomic mass is 16.5. The molecule has 0 aliphatic carbocycles. The summed E-state index contributed by atoms with van der Waals surface area (Å²) in [5.41, 5.74) is 1.05. The molecule has 148 valence electrons. The fraction of sp³-hybridized carbons (Fsp3) is 0.217. The Morgan fingerprint density at radius 2 is 1.79 bits per heavy atom. The Bertz CT molecular complexity index is 1290. The normalized spacial score (nSPS) is 12.4. The van der Waals surface area contributed by atoms with Crippen LogP contribution in [0.25, 0.3) is 21.9 Å². The monoisotopic (exact) mass is 392 g/mol. The molecule has 6 heteroatoms. The molecule has 2 aromatic carbocycles. The lowest BCUT2D eigenvalue weighted by atomic mass is 9.89. The molecule has 2 aromatic heterocycles. The van der Waals surface area contributed by atoms with E-state index >= 15 is 0 Å². The van der Waals surface area contributed by atoms with Crippen LogP contribution >= 0.6 is 0 Å². The van der Waals surface area contributed by atoms with E-state index in [0.29, 0.717) is 33.6 Å². The molecule has 1 unspecified atom stereocenters. The lowest BCUT2D eigenvalue weighted by Crippen LogP contribution is -2.13. The Kier molecular flexibility index (Phi) is 4.62. The maximum atomic E-state index is 12.7. The highest BCUT2D eigenvalue weighted by molar-refractivity contribution is 5.89. The van der Waals surface area contributed by atoms with Crippen LogP contribution in [0.15, 0.2) is 56.1 Å². The number of rotatable bonds is 5. The predicted octanol–water partition coefficient (Wildman–Crippen LogP) is 4.54. The van der Waals surface area contributed by atoms with Gasteiger partial charge in [-0.25, -0.2) is 4.79 Å². The van der Waals surface area contributed by atoms with Crippen molar-refractivity contribution in [3.63, 3.8) is 0 Å². The minimum absolute atomic E-state index is 0.0701. The van der Waals surface area contributed by atoms with Crippen LogP contribution in [0.5, 0.6) is 11.5 Å². The average molecular weight is 392 g/mol. The maximum absolute atomic E-state index is 12.7. The molecule has 0 saturated heterocycles. The second-order valence-corrected chi connectivity index (χ2v) is 7.05. The van der Waals surface area contributed by atoms with Crippen molar-refractivity contribution in [1.82, 2.24) is 0 Å². The quantitative estimate of drug-likeness (QED) is 0.502. The van der Waals surface area contributed by atoms with Gasteiger partial charge in [-0.05, 0) is 37.3 Å². The molecular formula is C23H20O6. The number of aromatic hydroxyl groups is 1. The van der Waals surface area contributed by atoms with E-state index in [1.54, 1.807) is 56.5 Å². The van der Waals surface area contributed by atoms with Crippen molar-refractivity contribution >= 4 is 27.7 Å². The smallest absolute Gasteiger partial charge is 0.343 e. The molecule has 4 rings (SSSR count). The molecule has 1 atom stereocenters. The fourth-order valence-corrected chi connectivity index (χ4v) is 3.78. The number of methoxy groups -OCH3 is 1. The lowest BCUT2D eigenvalue weighted by Gasteiger charge is -2.14. The maximum Gasteiger partial charge on any atom is 0.343 e. The topological polar surface area (TPSA) is 89.9 Å². The van der Waals surface area contributed by atoms with Crippen LogP contribution in [0.4, 0.5) is 0 Å². The van der Waals surface area contributed by atoms with Crippen LogP contribution < -0.4 is 10.4 Å². The molecule has 4 aromatic rings. The number of carbonyl (C=O) groups is 1. The first-order valence-corrected chi connectivity index (χ1v) is 9.24. The molecule has 0 aliphatic heterocycles. The molecular weight excluding hydrogens is 372 g/mol. The molecule has 2 heterocycles. The molecule has 1 N–H and O–H groups in total. The van der Waals surface area contributed by atoms with Crippen molar-refractivity contribution in [2.24, 2.45) is 0 Å². The van der Waals surface area contributed by atoms with Crippen LogP contribution in [0.1, 0.15) is 36.7 Å². The van der Waals surface area contributed by atoms with Gasteiger partial charge in [0.25, 0.3) is 0 Å². The molecule has 0 saturated carbocycles. The number of carbonyl (C=O) groups excluding carboxylic acids is 1. The van der Waals surface area contributed by atoms with Gasteiger partial charge in [0.15, 0.2) is 0 Å². The van der Waals surface area contributed by atoms with Gasteiger partial charge in [0, 0.05) is 16.9 Å². The van der Waals surface area contributed by atoms with Gasteiger partial charge in [-0.15, -0.1) is 0 Å². The van der Waals surface area contributed by atoms with Crippen molar-refractivity contribution < 1.29 is 23.5 Å². The van der Waals surface area contributed by atoms with E-state index < -0.39 is 11.5 Å². The molecule has 0 bridgehead atoms. The molecule has 29 heavy (non-hydrogen) atoms. The van der Waals surface area contributed by atoms with Crippen LogP contribution in [0.3, 0.4) is 0 Å². The van der Waals surface area contributed by atoms with E-state index in [9.17, 15) is 14.7 Å². The molecule has 0 spiro atoms. The number of ether oxygens (including phenoxy) is 1. The summed E-state index contributed by atoms with van der Waals surface area (Å²) < 4.78 is 16.7. The van der Waals surface area contributed by atoms with Gasteiger partial charge < -0.3 is 18.7 Å². The first kappa shape index (κ1) is 18.8. The number of hydrogen-bond acceptors (Lipinski definition) is 6. The lowest BCUT2D eigenvalue weighted by molar-refractivity contribution is -0.116. The summed E-state index contributed by atoms with van der Waals surface area (Å²) in [6.07, 6.45) is 0.0797. The van der Waals surface area contributed by atoms with Crippen LogP contribution in [0, 0.1) is 0 Å². The molecule has 0 radical (unpaired) electrons. The summed E-state index contributed by atoms with van der Waals surface area (Å²) in [4.78, 5) is 24.6. The SMILES string of the molecule is COc1ccc2oc(CC(C)=O)c(C(C)c3c(O)c4ccccc4oc3=O)c2c1. The predicted molar refractivity (Wildman–Crippen MR) is 109 cm³/mol. The zero-order chi connectivity index (χ0) is 20.7. The Morgan fingerprint density at radius 3 is 2.52 bits per heavy atom. The summed E-state index contributed by atoms with van der Waals surface area (Å²) in [5, 5.41) is 12.0. The summed E-state index contributed by atoms with van der Waals surface area (Å²) in [7, 11) is 1.56. The molecule has 0 aliphatic rings. The fourth-order valence-electron chi connectivity index (χ4n) is 3.78. The minimum Gasteiger partial charge on any atom is -0.507 e. The van der Waals surface area contributed by atoms with Gasteiger partial charge in [0.2, 0.25) is 0 Å². The van der Waals surface area contributed by atoms with Gasteiger partial charge in [0.1, 0.15) is 34.2 Å². The summed E-state index contributed by atoms with van der Waals surface area (Å²) >= 11 is 0. The molecule has 6 nitrogen and oxygen atoms in total. The second-order valence-electron chi connectivity index (χ2n) is 7.05. The number of Topliss-reactive ketones (excluding diaryl/α,β-unsaturated/α-hetero) is 1. The van der Waals surface area contributed by atoms with Gasteiger partial charge in [-0.1, -0.05) is 19.1 Å². The van der Waals surface area contributed by atoms with Gasteiger partial charge >= 0.3 is 5.63 Å².